The summed E-state index contributed by atoms with van der Waals surface area (Å²) in [6.45, 7) is 3.18. The summed E-state index contributed by atoms with van der Waals surface area (Å²) in [5.74, 6) is -4.62. The number of nitrogens with two attached hydrogens (primary N) is 1. The molecule has 0 saturated carbocycles. The minimum atomic E-state index is -3.18. The van der Waals surface area contributed by atoms with Gasteiger partial charge in [0.25, 0.3) is 0 Å². The summed E-state index contributed by atoms with van der Waals surface area (Å²) in [5.41, 5.74) is 2.10. The van der Waals surface area contributed by atoms with Crippen LogP contribution in [0.15, 0.2) is 12.2 Å². The molecule has 3 atom stereocenters. The zero-order chi connectivity index (χ0) is 25.4. The molecule has 0 aliphatic carbocycles. The Hall–Kier alpha value is -2.30. The Morgan fingerprint density at radius 1 is 0.909 bits per heavy atom. The maximum atomic E-state index is 11.8. The zero-order valence-corrected chi connectivity index (χ0v) is 19.6. The van der Waals surface area contributed by atoms with E-state index in [1.807, 2.05) is 0 Å². The van der Waals surface area contributed by atoms with E-state index in [2.05, 4.69) is 6.92 Å². The number of rotatable bonds is 19. The minimum Gasteiger partial charge on any atom is -0.479 e. The summed E-state index contributed by atoms with van der Waals surface area (Å²) in [6.07, 6.45) is 6.27. The lowest BCUT2D eigenvalue weighted by Gasteiger charge is -2.31. The fourth-order valence-electron chi connectivity index (χ4n) is 3.25. The fourth-order valence-corrected chi connectivity index (χ4v) is 3.25. The van der Waals surface area contributed by atoms with Crippen LogP contribution in [0.5, 0.6) is 0 Å². The number of hydrogen-bond donors (Lipinski definition) is 5. The third-order valence-electron chi connectivity index (χ3n) is 5.35. The molecule has 0 aliphatic heterocycles. The molecule has 3 unspecified atom stereocenters. The molecule has 33 heavy (non-hydrogen) atoms. The van der Waals surface area contributed by atoms with Crippen molar-refractivity contribution in [3.05, 3.63) is 12.2 Å². The first-order valence-electron chi connectivity index (χ1n) is 11.5. The van der Waals surface area contributed by atoms with Crippen molar-refractivity contribution in [2.24, 2.45) is 5.73 Å². The Labute approximate surface area is 194 Å². The van der Waals surface area contributed by atoms with Gasteiger partial charge in [-0.25, -0.2) is 9.59 Å². The van der Waals surface area contributed by atoms with Crippen LogP contribution in [0.2, 0.25) is 0 Å². The van der Waals surface area contributed by atoms with Gasteiger partial charge in [0.05, 0.1) is 0 Å². The van der Waals surface area contributed by atoms with Gasteiger partial charge in [-0.3, -0.25) is 9.59 Å². The van der Waals surface area contributed by atoms with Gasteiger partial charge in [-0.15, -0.1) is 0 Å². The molecule has 0 amide bonds. The second-order valence-electron chi connectivity index (χ2n) is 8.22. The summed E-state index contributed by atoms with van der Waals surface area (Å²) in [6, 6.07) is 0. The van der Waals surface area contributed by atoms with Gasteiger partial charge in [0.15, 0.2) is 0 Å². The molecule has 0 heterocycles. The maximum Gasteiger partial charge on any atom is 0.338 e. The quantitative estimate of drug-likeness (QED) is 0.0803. The van der Waals surface area contributed by atoms with Gasteiger partial charge in [-0.05, 0) is 31.8 Å². The van der Waals surface area contributed by atoms with Crippen LogP contribution in [0.25, 0.3) is 0 Å². The van der Waals surface area contributed by atoms with Crippen LogP contribution in [0.3, 0.4) is 0 Å². The van der Waals surface area contributed by atoms with Crippen LogP contribution < -0.4 is 5.73 Å². The normalized spacial score (nSPS) is 14.6. The molecule has 0 bridgehead atoms. The summed E-state index contributed by atoms with van der Waals surface area (Å²) in [5, 5.41) is 38.5. The van der Waals surface area contributed by atoms with E-state index in [0.717, 1.165) is 58.3 Å². The van der Waals surface area contributed by atoms with Gasteiger partial charge in [0.1, 0.15) is 24.1 Å². The van der Waals surface area contributed by atoms with Crippen molar-refractivity contribution in [3.63, 3.8) is 0 Å². The van der Waals surface area contributed by atoms with Crippen LogP contribution in [0.4, 0.5) is 0 Å². The lowest BCUT2D eigenvalue weighted by molar-refractivity contribution is -0.173. The molecule has 0 aromatic carbocycles. The maximum absolute atomic E-state index is 11.8. The number of unbranched alkanes of at least 4 members (excludes halogenated alkanes) is 7. The molecule has 10 heteroatoms. The molecule has 6 N–H and O–H groups in total. The van der Waals surface area contributed by atoms with Crippen molar-refractivity contribution >= 4 is 23.7 Å². The molecule has 0 fully saturated rings. The number of aliphatic carboxylic acids is 2. The molecule has 0 aromatic heterocycles. The zero-order valence-electron chi connectivity index (χ0n) is 19.6. The first kappa shape index (κ1) is 30.7. The first-order chi connectivity index (χ1) is 15.5. The van der Waals surface area contributed by atoms with Crippen LogP contribution in [-0.4, -0.2) is 68.0 Å². The SMILES string of the molecule is CCCCCCC(=O)CCCCCCC=CC(OC(C)=O)C(O)C(O)C(N)(C(=O)O)C(=O)O. The van der Waals surface area contributed by atoms with Gasteiger partial charge >= 0.3 is 17.9 Å². The summed E-state index contributed by atoms with van der Waals surface area (Å²) >= 11 is 0. The number of carboxylic acid groups (broad SMARTS) is 2. The Morgan fingerprint density at radius 3 is 1.91 bits per heavy atom. The topological polar surface area (TPSA) is 184 Å². The van der Waals surface area contributed by atoms with E-state index < -0.39 is 41.8 Å². The number of ketones is 1. The molecule has 0 spiro atoms. The van der Waals surface area contributed by atoms with E-state index in [0.29, 0.717) is 25.0 Å². The Kier molecular flexibility index (Phi) is 15.2. The van der Waals surface area contributed by atoms with Crippen LogP contribution in [0.1, 0.15) is 84.5 Å². The molecule has 190 valence electrons. The second-order valence-corrected chi connectivity index (χ2v) is 8.22. The molecule has 10 nitrogen and oxygen atoms in total. The highest BCUT2D eigenvalue weighted by molar-refractivity contribution is 6.03. The number of ether oxygens (including phenoxy) is 1. The number of carboxylic acids is 2. The number of aliphatic hydroxyl groups excluding tert-OH is 2. The average molecular weight is 474 g/mol. The fraction of sp³-hybridized carbons (Fsp3) is 0.739. The lowest BCUT2D eigenvalue weighted by Crippen LogP contribution is -2.67. The van der Waals surface area contributed by atoms with E-state index in [4.69, 9.17) is 20.7 Å². The monoisotopic (exact) mass is 473 g/mol. The second kappa shape index (κ2) is 16.3. The highest BCUT2D eigenvalue weighted by Crippen LogP contribution is 2.18. The highest BCUT2D eigenvalue weighted by Gasteiger charge is 2.54. The molecular formula is C23H39NO9. The summed E-state index contributed by atoms with van der Waals surface area (Å²) < 4.78 is 4.89. The lowest BCUT2D eigenvalue weighted by atomic mass is 9.87. The van der Waals surface area contributed by atoms with Gasteiger partial charge in [0.2, 0.25) is 5.54 Å². The smallest absolute Gasteiger partial charge is 0.338 e. The minimum absolute atomic E-state index is 0.293. The average Bonchev–Trinajstić information content (AvgIpc) is 2.75. The largest absolute Gasteiger partial charge is 0.479 e. The number of carbonyl (C=O) groups excluding carboxylic acids is 2. The summed E-state index contributed by atoms with van der Waals surface area (Å²) in [4.78, 5) is 45.6. The van der Waals surface area contributed by atoms with Crippen LogP contribution >= 0.6 is 0 Å². The Bertz CT molecular complexity index is 648. The molecule has 0 aliphatic rings. The van der Waals surface area contributed by atoms with Crippen LogP contribution in [-0.2, 0) is 23.9 Å². The molecule has 0 aromatic rings. The van der Waals surface area contributed by atoms with E-state index in [1.54, 1.807) is 6.08 Å². The van der Waals surface area contributed by atoms with E-state index in [9.17, 15) is 29.4 Å². The van der Waals surface area contributed by atoms with Gasteiger partial charge < -0.3 is 30.9 Å². The Morgan fingerprint density at radius 2 is 1.42 bits per heavy atom. The number of hydrogen-bond acceptors (Lipinski definition) is 8. The number of esters is 1. The van der Waals surface area contributed by atoms with Crippen molar-refractivity contribution in [1.82, 2.24) is 0 Å². The number of allylic oxidation sites excluding steroid dienone is 1. The summed E-state index contributed by atoms with van der Waals surface area (Å²) in [7, 11) is 0. The van der Waals surface area contributed by atoms with Gasteiger partial charge in [-0.1, -0.05) is 45.1 Å². The molecule has 0 saturated heterocycles. The van der Waals surface area contributed by atoms with Gasteiger partial charge in [0, 0.05) is 19.8 Å². The standard InChI is InChI=1S/C23H39NO9/c1-3-4-5-10-13-17(26)14-11-8-6-7-9-12-15-18(33-16(2)25)19(27)20(28)23(24,21(29)30)22(31)32/h12,15,18-20,27-28H,3-11,13-14,24H2,1-2H3,(H,29,30)(H,31,32). The number of aliphatic hydroxyl groups is 2. The van der Waals surface area contributed by atoms with Crippen molar-refractivity contribution in [2.45, 2.75) is 108 Å². The van der Waals surface area contributed by atoms with Crippen LogP contribution in [0, 0.1) is 0 Å². The number of carbonyl (C=O) groups is 4. The molecule has 0 rings (SSSR count). The highest BCUT2D eigenvalue weighted by atomic mass is 16.6. The molecular weight excluding hydrogens is 434 g/mol. The van der Waals surface area contributed by atoms with Crippen molar-refractivity contribution in [3.8, 4) is 0 Å². The first-order valence-corrected chi connectivity index (χ1v) is 11.5. The van der Waals surface area contributed by atoms with E-state index in [1.165, 1.54) is 6.08 Å². The molecule has 0 radical (unpaired) electrons. The number of Topliss-reactive ketones (excluding diaryl/α,β-unsaturated/α-hetero) is 1. The third kappa shape index (κ3) is 11.4. The van der Waals surface area contributed by atoms with Crippen molar-refractivity contribution in [2.75, 3.05) is 0 Å². The predicted octanol–water partition coefficient (Wildman–Crippen LogP) is 1.94. The van der Waals surface area contributed by atoms with E-state index >= 15 is 0 Å². The predicted molar refractivity (Wildman–Crippen MR) is 120 cm³/mol. The van der Waals surface area contributed by atoms with Crippen molar-refractivity contribution < 1.29 is 44.3 Å². The van der Waals surface area contributed by atoms with E-state index in [-0.39, 0.29) is 0 Å². The van der Waals surface area contributed by atoms with Crippen molar-refractivity contribution in [1.29, 1.82) is 0 Å². The third-order valence-corrected chi connectivity index (χ3v) is 5.35. The van der Waals surface area contributed by atoms with Gasteiger partial charge in [-0.2, -0.15) is 0 Å². The Balaban J connectivity index is 4.56.